The second-order valence-electron chi connectivity index (χ2n) is 6.18. The number of nitrogens with two attached hydrogens (primary N) is 1. The molecule has 2 aromatic rings. The first-order valence-corrected chi connectivity index (χ1v) is 9.27. The van der Waals surface area contributed by atoms with Crippen molar-refractivity contribution in [1.29, 1.82) is 0 Å². The number of halogens is 1. The largest absolute Gasteiger partial charge is 0.379 e. The normalized spacial score (nSPS) is 23.4. The van der Waals surface area contributed by atoms with E-state index in [9.17, 15) is 0 Å². The molecular formula is C18H18ClN3S. The molecule has 0 saturated heterocycles. The number of hydrogen-bond acceptors (Lipinski definition) is 4. The molecule has 1 aliphatic heterocycles. The molecule has 2 aliphatic rings. The average molecular weight is 344 g/mol. The fourth-order valence-corrected chi connectivity index (χ4v) is 4.63. The van der Waals surface area contributed by atoms with Gasteiger partial charge in [0.25, 0.3) is 0 Å². The Morgan fingerprint density at radius 3 is 2.96 bits per heavy atom. The lowest BCUT2D eigenvalue weighted by atomic mass is 9.90. The highest BCUT2D eigenvalue weighted by Gasteiger charge is 2.31. The lowest BCUT2D eigenvalue weighted by Crippen LogP contribution is -2.24. The zero-order valence-electron chi connectivity index (χ0n) is 12.7. The number of thioether (sulfide) groups is 1. The number of benzene rings is 1. The number of fused-ring (bicyclic) bond motifs is 3. The van der Waals surface area contributed by atoms with Gasteiger partial charge < -0.3 is 5.73 Å². The monoisotopic (exact) mass is 343 g/mol. The fourth-order valence-electron chi connectivity index (χ4n) is 3.53. The highest BCUT2D eigenvalue weighted by atomic mass is 35.5. The number of pyridine rings is 1. The molecule has 0 amide bonds. The van der Waals surface area contributed by atoms with Crippen molar-refractivity contribution < 1.29 is 0 Å². The van der Waals surface area contributed by atoms with E-state index in [1.54, 1.807) is 18.0 Å². The van der Waals surface area contributed by atoms with Crippen LogP contribution in [-0.4, -0.2) is 15.9 Å². The molecule has 5 heteroatoms. The number of nitrogens with zero attached hydrogens (tertiary/aromatic N) is 2. The number of amidine groups is 1. The quantitative estimate of drug-likeness (QED) is 0.831. The molecule has 0 saturated carbocycles. The molecular weight excluding hydrogens is 326 g/mol. The van der Waals surface area contributed by atoms with Gasteiger partial charge in [-0.3, -0.25) is 9.98 Å². The van der Waals surface area contributed by atoms with E-state index < -0.39 is 0 Å². The third-order valence-electron chi connectivity index (χ3n) is 4.68. The van der Waals surface area contributed by atoms with E-state index in [1.165, 1.54) is 24.0 Å². The van der Waals surface area contributed by atoms with Crippen molar-refractivity contribution in [1.82, 2.24) is 4.98 Å². The maximum atomic E-state index is 6.09. The molecule has 1 aromatic carbocycles. The number of hydrogen-bond donors (Lipinski definition) is 1. The van der Waals surface area contributed by atoms with Gasteiger partial charge in [0, 0.05) is 23.7 Å². The van der Waals surface area contributed by atoms with Gasteiger partial charge in [0.2, 0.25) is 0 Å². The molecule has 2 atom stereocenters. The van der Waals surface area contributed by atoms with Gasteiger partial charge in [-0.05, 0) is 54.0 Å². The van der Waals surface area contributed by atoms with Gasteiger partial charge in [0.15, 0.2) is 5.17 Å². The van der Waals surface area contributed by atoms with Crippen LogP contribution < -0.4 is 5.73 Å². The SMILES string of the molecule is NC1=NC2c3cc(-c4cncc(Cl)c4)ccc3CCCC2CS1. The van der Waals surface area contributed by atoms with Crippen LogP contribution >= 0.6 is 23.4 Å². The second-order valence-corrected chi connectivity index (χ2v) is 7.66. The van der Waals surface area contributed by atoms with Crippen LogP contribution in [0.4, 0.5) is 0 Å². The molecule has 2 N–H and O–H groups in total. The minimum Gasteiger partial charge on any atom is -0.379 e. The van der Waals surface area contributed by atoms with Crippen LogP contribution in [0.2, 0.25) is 5.02 Å². The highest BCUT2D eigenvalue weighted by Crippen LogP contribution is 2.42. The highest BCUT2D eigenvalue weighted by molar-refractivity contribution is 8.13. The molecule has 2 unspecified atom stereocenters. The van der Waals surface area contributed by atoms with Crippen LogP contribution in [-0.2, 0) is 6.42 Å². The van der Waals surface area contributed by atoms with Gasteiger partial charge in [-0.1, -0.05) is 35.5 Å². The number of rotatable bonds is 1. The minimum atomic E-state index is 0.195. The van der Waals surface area contributed by atoms with Gasteiger partial charge in [-0.15, -0.1) is 0 Å². The Labute approximate surface area is 145 Å². The predicted octanol–water partition coefficient (Wildman–Crippen LogP) is 4.46. The van der Waals surface area contributed by atoms with Crippen molar-refractivity contribution in [3.05, 3.63) is 52.8 Å². The van der Waals surface area contributed by atoms with E-state index >= 15 is 0 Å². The Morgan fingerprint density at radius 1 is 1.17 bits per heavy atom. The standard InChI is InChI=1S/C18H18ClN3S/c19-15-6-14(8-21-9-15)12-5-4-11-2-1-3-13-10-23-18(20)22-17(13)16(11)7-12/h4-9,13,17H,1-3,10H2,(H2,20,22). The Balaban J connectivity index is 1.81. The minimum absolute atomic E-state index is 0.195. The van der Waals surface area contributed by atoms with E-state index in [0.717, 1.165) is 23.3 Å². The number of aromatic nitrogens is 1. The summed E-state index contributed by atoms with van der Waals surface area (Å²) in [5.41, 5.74) is 10.9. The summed E-state index contributed by atoms with van der Waals surface area (Å²) in [6.45, 7) is 0. The van der Waals surface area contributed by atoms with Gasteiger partial charge in [0.05, 0.1) is 11.1 Å². The number of aryl methyl sites for hydroxylation is 1. The summed E-state index contributed by atoms with van der Waals surface area (Å²) in [6, 6.07) is 8.82. The summed E-state index contributed by atoms with van der Waals surface area (Å²) in [6.07, 6.45) is 7.08. The van der Waals surface area contributed by atoms with Crippen molar-refractivity contribution in [2.24, 2.45) is 16.6 Å². The van der Waals surface area contributed by atoms with E-state index in [4.69, 9.17) is 22.3 Å². The maximum Gasteiger partial charge on any atom is 0.154 e. The van der Waals surface area contributed by atoms with Crippen LogP contribution in [0.25, 0.3) is 11.1 Å². The van der Waals surface area contributed by atoms with E-state index in [-0.39, 0.29) is 6.04 Å². The smallest absolute Gasteiger partial charge is 0.154 e. The van der Waals surface area contributed by atoms with Gasteiger partial charge in [0.1, 0.15) is 0 Å². The average Bonchev–Trinajstić information content (AvgIpc) is 2.73. The van der Waals surface area contributed by atoms with Crippen molar-refractivity contribution >= 4 is 28.5 Å². The molecule has 4 rings (SSSR count). The Bertz CT molecular complexity index is 775. The molecule has 1 aromatic heterocycles. The molecule has 118 valence electrons. The second kappa shape index (κ2) is 6.17. The molecule has 0 radical (unpaired) electrons. The van der Waals surface area contributed by atoms with Crippen molar-refractivity contribution in [2.45, 2.75) is 25.3 Å². The molecule has 0 fully saturated rings. The summed E-state index contributed by atoms with van der Waals surface area (Å²) in [7, 11) is 0. The third kappa shape index (κ3) is 2.98. The Hall–Kier alpha value is -1.52. The van der Waals surface area contributed by atoms with Gasteiger partial charge in [-0.25, -0.2) is 0 Å². The topological polar surface area (TPSA) is 51.3 Å². The fraction of sp³-hybridized carbons (Fsp3) is 0.333. The summed E-state index contributed by atoms with van der Waals surface area (Å²) < 4.78 is 0. The van der Waals surface area contributed by atoms with Crippen molar-refractivity contribution in [2.75, 3.05) is 5.75 Å². The van der Waals surface area contributed by atoms with Crippen molar-refractivity contribution in [3.63, 3.8) is 0 Å². The van der Waals surface area contributed by atoms with Crippen LogP contribution in [0.1, 0.15) is 30.0 Å². The third-order valence-corrected chi connectivity index (χ3v) is 5.88. The molecule has 1 aliphatic carbocycles. The van der Waals surface area contributed by atoms with E-state index in [0.29, 0.717) is 16.1 Å². The Morgan fingerprint density at radius 2 is 2.09 bits per heavy atom. The summed E-state index contributed by atoms with van der Waals surface area (Å²) in [4.78, 5) is 8.98. The first-order valence-electron chi connectivity index (χ1n) is 7.90. The van der Waals surface area contributed by atoms with Gasteiger partial charge in [-0.2, -0.15) is 0 Å². The number of aliphatic imine (C=N–C) groups is 1. The van der Waals surface area contributed by atoms with Crippen molar-refractivity contribution in [3.8, 4) is 11.1 Å². The lowest BCUT2D eigenvalue weighted by molar-refractivity contribution is 0.448. The first kappa shape index (κ1) is 15.0. The predicted molar refractivity (Wildman–Crippen MR) is 97.9 cm³/mol. The zero-order valence-corrected chi connectivity index (χ0v) is 14.3. The van der Waals surface area contributed by atoms with E-state index in [1.807, 2.05) is 12.3 Å². The molecule has 0 bridgehead atoms. The molecule has 0 spiro atoms. The van der Waals surface area contributed by atoms with Crippen LogP contribution in [0.15, 0.2) is 41.7 Å². The van der Waals surface area contributed by atoms with E-state index in [2.05, 4.69) is 23.2 Å². The van der Waals surface area contributed by atoms with Gasteiger partial charge >= 0.3 is 0 Å². The zero-order chi connectivity index (χ0) is 15.8. The van der Waals surface area contributed by atoms with Crippen LogP contribution in [0, 0.1) is 5.92 Å². The molecule has 23 heavy (non-hydrogen) atoms. The summed E-state index contributed by atoms with van der Waals surface area (Å²) in [5, 5.41) is 1.38. The maximum absolute atomic E-state index is 6.09. The molecule has 3 nitrogen and oxygen atoms in total. The molecule has 2 heterocycles. The summed E-state index contributed by atoms with van der Waals surface area (Å²) in [5.74, 6) is 1.66. The van der Waals surface area contributed by atoms with Crippen LogP contribution in [0.3, 0.4) is 0 Å². The summed E-state index contributed by atoms with van der Waals surface area (Å²) >= 11 is 7.78. The Kier molecular flexibility index (Phi) is 4.04. The first-order chi connectivity index (χ1) is 11.2. The van der Waals surface area contributed by atoms with Crippen LogP contribution in [0.5, 0.6) is 0 Å². The lowest BCUT2D eigenvalue weighted by Gasteiger charge is -2.27.